The summed E-state index contributed by atoms with van der Waals surface area (Å²) in [6, 6.07) is 9.33. The third kappa shape index (κ3) is 5.55. The average Bonchev–Trinajstić information content (AvgIpc) is 3.05. The highest BCUT2D eigenvalue weighted by Crippen LogP contribution is 2.26. The van der Waals surface area contributed by atoms with Gasteiger partial charge in [-0.2, -0.15) is 11.8 Å². The topological polar surface area (TPSA) is 122 Å². The number of benzene rings is 2. The molecule has 2 aromatic carbocycles. The average molecular weight is 473 g/mol. The second-order valence-electron chi connectivity index (χ2n) is 6.91. The number of hydrogen-bond donors (Lipinski definition) is 2. The maximum absolute atomic E-state index is 13.6. The molecule has 0 aliphatic carbocycles. The number of nitrogens with one attached hydrogen (secondary N) is 2. The molecule has 172 valence electrons. The van der Waals surface area contributed by atoms with Gasteiger partial charge < -0.3 is 10.1 Å². The minimum atomic E-state index is -1.23. The Balaban J connectivity index is 1.61. The standard InChI is InChI=1S/C22H20FN3O6S/c1-33-11-10-17(26-19(28)13-6-2-3-7-14(13)20(26)29)21(30)32-12-18(27)25-22(31)24-16-9-5-4-8-15(16)23/h2-9,17H,10-12H2,1H3,(H2,24,25,27,31)/t17-/m0/s1. The Bertz CT molecular complexity index is 1070. The zero-order chi connectivity index (χ0) is 24.0. The molecule has 0 bridgehead atoms. The van der Waals surface area contributed by atoms with E-state index >= 15 is 0 Å². The summed E-state index contributed by atoms with van der Waals surface area (Å²) in [6.07, 6.45) is 1.92. The Morgan fingerprint density at radius 2 is 1.64 bits per heavy atom. The van der Waals surface area contributed by atoms with Gasteiger partial charge in [-0.25, -0.2) is 14.0 Å². The fourth-order valence-electron chi connectivity index (χ4n) is 3.18. The Hall–Kier alpha value is -3.73. The highest BCUT2D eigenvalue weighted by Gasteiger charge is 2.43. The molecule has 1 heterocycles. The number of carbonyl (C=O) groups is 5. The monoisotopic (exact) mass is 473 g/mol. The molecule has 1 aliphatic rings. The first-order valence-electron chi connectivity index (χ1n) is 9.81. The summed E-state index contributed by atoms with van der Waals surface area (Å²) in [5.41, 5.74) is 0.238. The van der Waals surface area contributed by atoms with Crippen LogP contribution in [0.3, 0.4) is 0 Å². The van der Waals surface area contributed by atoms with E-state index in [1.807, 2.05) is 5.32 Å². The normalized spacial score (nSPS) is 13.3. The summed E-state index contributed by atoms with van der Waals surface area (Å²) in [5, 5.41) is 4.07. The summed E-state index contributed by atoms with van der Waals surface area (Å²) in [6.45, 7) is -0.831. The van der Waals surface area contributed by atoms with Crippen molar-refractivity contribution in [3.63, 3.8) is 0 Å². The lowest BCUT2D eigenvalue weighted by atomic mass is 10.1. The zero-order valence-electron chi connectivity index (χ0n) is 17.5. The van der Waals surface area contributed by atoms with Crippen LogP contribution in [0.15, 0.2) is 48.5 Å². The molecule has 0 radical (unpaired) electrons. The first kappa shape index (κ1) is 23.9. The Morgan fingerprint density at radius 3 is 2.24 bits per heavy atom. The second-order valence-corrected chi connectivity index (χ2v) is 7.90. The predicted molar refractivity (Wildman–Crippen MR) is 118 cm³/mol. The van der Waals surface area contributed by atoms with Gasteiger partial charge in [0.15, 0.2) is 6.61 Å². The van der Waals surface area contributed by atoms with Crippen LogP contribution in [0.5, 0.6) is 0 Å². The number of anilines is 1. The molecule has 3 rings (SSSR count). The second kappa shape index (κ2) is 10.7. The number of nitrogens with zero attached hydrogens (tertiary/aromatic N) is 1. The zero-order valence-corrected chi connectivity index (χ0v) is 18.3. The lowest BCUT2D eigenvalue weighted by molar-refractivity contribution is -0.152. The number of amides is 5. The van der Waals surface area contributed by atoms with Crippen LogP contribution in [-0.4, -0.2) is 59.3 Å². The highest BCUT2D eigenvalue weighted by molar-refractivity contribution is 7.98. The van der Waals surface area contributed by atoms with Gasteiger partial charge in [-0.1, -0.05) is 24.3 Å². The number of ether oxygens (including phenoxy) is 1. The number of thioether (sulfide) groups is 1. The van der Waals surface area contributed by atoms with Crippen LogP contribution in [0.1, 0.15) is 27.1 Å². The van der Waals surface area contributed by atoms with E-state index in [2.05, 4.69) is 5.32 Å². The Morgan fingerprint density at radius 1 is 1.03 bits per heavy atom. The number of hydrogen-bond acceptors (Lipinski definition) is 7. The van der Waals surface area contributed by atoms with Crippen LogP contribution < -0.4 is 10.6 Å². The first-order chi connectivity index (χ1) is 15.8. The molecule has 11 heteroatoms. The van der Waals surface area contributed by atoms with Crippen molar-refractivity contribution < 1.29 is 33.1 Å². The lowest BCUT2D eigenvalue weighted by Crippen LogP contribution is -2.47. The number of urea groups is 1. The third-order valence-electron chi connectivity index (χ3n) is 4.73. The smallest absolute Gasteiger partial charge is 0.329 e. The van der Waals surface area contributed by atoms with Gasteiger partial charge in [0.05, 0.1) is 16.8 Å². The number of imide groups is 2. The summed E-state index contributed by atoms with van der Waals surface area (Å²) >= 11 is 1.41. The Kier molecular flexibility index (Phi) is 7.78. The van der Waals surface area contributed by atoms with Crippen molar-refractivity contribution in [3.05, 3.63) is 65.5 Å². The summed E-state index contributed by atoms with van der Waals surface area (Å²) in [4.78, 5) is 62.9. The van der Waals surface area contributed by atoms with E-state index in [4.69, 9.17) is 4.74 Å². The fourth-order valence-corrected chi connectivity index (χ4v) is 3.64. The molecule has 0 aromatic heterocycles. The van der Waals surface area contributed by atoms with Gasteiger partial charge in [0.1, 0.15) is 11.9 Å². The van der Waals surface area contributed by atoms with Crippen molar-refractivity contribution >= 4 is 47.2 Å². The molecule has 0 fully saturated rings. The molecule has 0 unspecified atom stereocenters. The highest BCUT2D eigenvalue weighted by atomic mass is 32.2. The van der Waals surface area contributed by atoms with Crippen molar-refractivity contribution in [2.45, 2.75) is 12.5 Å². The van der Waals surface area contributed by atoms with Crippen LogP contribution in [-0.2, 0) is 14.3 Å². The van der Waals surface area contributed by atoms with E-state index in [0.717, 1.165) is 11.0 Å². The van der Waals surface area contributed by atoms with Crippen LogP contribution in [0.4, 0.5) is 14.9 Å². The molecule has 1 atom stereocenters. The van der Waals surface area contributed by atoms with Gasteiger partial charge in [-0.3, -0.25) is 24.6 Å². The molecular weight excluding hydrogens is 453 g/mol. The Labute approximate surface area is 192 Å². The van der Waals surface area contributed by atoms with E-state index in [0.29, 0.717) is 5.75 Å². The maximum atomic E-state index is 13.6. The van der Waals surface area contributed by atoms with E-state index in [1.165, 1.54) is 42.1 Å². The largest absolute Gasteiger partial charge is 0.454 e. The lowest BCUT2D eigenvalue weighted by Gasteiger charge is -2.24. The van der Waals surface area contributed by atoms with Crippen molar-refractivity contribution in [3.8, 4) is 0 Å². The van der Waals surface area contributed by atoms with Crippen molar-refractivity contribution in [2.75, 3.05) is 23.9 Å². The number of rotatable bonds is 8. The first-order valence-corrected chi connectivity index (χ1v) is 11.2. The van der Waals surface area contributed by atoms with Crippen molar-refractivity contribution in [1.82, 2.24) is 10.2 Å². The van der Waals surface area contributed by atoms with E-state index in [1.54, 1.807) is 18.4 Å². The summed E-state index contributed by atoms with van der Waals surface area (Å²) < 4.78 is 18.6. The molecule has 33 heavy (non-hydrogen) atoms. The van der Waals surface area contributed by atoms with Crippen LogP contribution >= 0.6 is 11.8 Å². The van der Waals surface area contributed by atoms with Gasteiger partial charge >= 0.3 is 12.0 Å². The van der Waals surface area contributed by atoms with Crippen LogP contribution in [0, 0.1) is 5.82 Å². The number of carbonyl (C=O) groups excluding carboxylic acids is 5. The molecule has 2 aromatic rings. The molecule has 1 aliphatic heterocycles. The number of halogens is 1. The van der Waals surface area contributed by atoms with Gasteiger partial charge in [0.2, 0.25) is 0 Å². The molecule has 0 spiro atoms. The quantitative estimate of drug-likeness (QED) is 0.446. The molecule has 0 saturated heterocycles. The summed E-state index contributed by atoms with van der Waals surface area (Å²) in [5.74, 6) is -3.40. The molecule has 9 nitrogen and oxygen atoms in total. The van der Waals surface area contributed by atoms with Crippen molar-refractivity contribution in [2.24, 2.45) is 0 Å². The number of para-hydroxylation sites is 1. The minimum absolute atomic E-state index is 0.126. The SMILES string of the molecule is CSCC[C@@H](C(=O)OCC(=O)NC(=O)Nc1ccccc1F)N1C(=O)c2ccccc2C1=O. The molecule has 2 N–H and O–H groups in total. The predicted octanol–water partition coefficient (Wildman–Crippen LogP) is 2.43. The van der Waals surface area contributed by atoms with Gasteiger partial charge in [0, 0.05) is 0 Å². The number of fused-ring (bicyclic) bond motifs is 1. The van der Waals surface area contributed by atoms with E-state index in [9.17, 15) is 28.4 Å². The van der Waals surface area contributed by atoms with Gasteiger partial charge in [-0.05, 0) is 42.7 Å². The van der Waals surface area contributed by atoms with E-state index in [-0.39, 0.29) is 23.2 Å². The maximum Gasteiger partial charge on any atom is 0.329 e. The number of esters is 1. The van der Waals surface area contributed by atoms with Gasteiger partial charge in [0.25, 0.3) is 17.7 Å². The molecule has 0 saturated carbocycles. The van der Waals surface area contributed by atoms with E-state index < -0.39 is 48.2 Å². The summed E-state index contributed by atoms with van der Waals surface area (Å²) in [7, 11) is 0. The van der Waals surface area contributed by atoms with Crippen LogP contribution in [0.25, 0.3) is 0 Å². The minimum Gasteiger partial charge on any atom is -0.454 e. The molecule has 5 amide bonds. The van der Waals surface area contributed by atoms with Crippen molar-refractivity contribution in [1.29, 1.82) is 0 Å². The van der Waals surface area contributed by atoms with Crippen LogP contribution in [0.2, 0.25) is 0 Å². The molecular formula is C22H20FN3O6S. The third-order valence-corrected chi connectivity index (χ3v) is 5.37. The fraction of sp³-hybridized carbons (Fsp3) is 0.227. The van der Waals surface area contributed by atoms with Gasteiger partial charge in [-0.15, -0.1) is 0 Å².